The fourth-order valence-corrected chi connectivity index (χ4v) is 5.21. The van der Waals surface area contributed by atoms with E-state index < -0.39 is 9.84 Å². The summed E-state index contributed by atoms with van der Waals surface area (Å²) in [5, 5.41) is 0.498. The number of carbonyl (C=O) groups excluding carboxylic acids is 1. The van der Waals surface area contributed by atoms with Crippen molar-refractivity contribution < 1.29 is 17.9 Å². The van der Waals surface area contributed by atoms with Crippen molar-refractivity contribution in [2.75, 3.05) is 17.3 Å². The van der Waals surface area contributed by atoms with E-state index in [4.69, 9.17) is 4.74 Å². The first-order chi connectivity index (χ1) is 15.9. The number of sulfone groups is 1. The van der Waals surface area contributed by atoms with Crippen LogP contribution in [0, 0.1) is 0 Å². The number of nitrogens with zero attached hydrogens (tertiary/aromatic N) is 3. The van der Waals surface area contributed by atoms with Crippen molar-refractivity contribution in [3.05, 3.63) is 78.1 Å². The summed E-state index contributed by atoms with van der Waals surface area (Å²) in [6, 6.07) is 17.2. The number of benzene rings is 2. The lowest BCUT2D eigenvalue weighted by atomic mass is 10.2. The Morgan fingerprint density at radius 1 is 1.06 bits per heavy atom. The molecule has 7 nitrogen and oxygen atoms in total. The van der Waals surface area contributed by atoms with Crippen LogP contribution in [0.3, 0.4) is 0 Å². The maximum absolute atomic E-state index is 13.6. The Bertz CT molecular complexity index is 1390. The number of amides is 1. The van der Waals surface area contributed by atoms with Crippen molar-refractivity contribution in [3.8, 4) is 5.75 Å². The molecule has 0 bridgehead atoms. The molecule has 0 N–H and O–H groups in total. The van der Waals surface area contributed by atoms with Gasteiger partial charge in [0.2, 0.25) is 0 Å². The quantitative estimate of drug-likeness (QED) is 0.361. The topological polar surface area (TPSA) is 89.5 Å². The van der Waals surface area contributed by atoms with Crippen LogP contribution in [0.2, 0.25) is 0 Å². The Balaban J connectivity index is 1.76. The zero-order chi connectivity index (χ0) is 23.4. The molecule has 0 spiro atoms. The smallest absolute Gasteiger partial charge is 0.260 e. The molecule has 0 radical (unpaired) electrons. The molecule has 2 aromatic carbocycles. The van der Waals surface area contributed by atoms with Crippen molar-refractivity contribution in [2.45, 2.75) is 25.3 Å². The van der Waals surface area contributed by atoms with E-state index in [-0.39, 0.29) is 28.7 Å². The van der Waals surface area contributed by atoms with Crippen LogP contribution >= 0.6 is 11.3 Å². The number of hydrogen-bond donors (Lipinski definition) is 0. The largest absolute Gasteiger partial charge is 0.494 e. The molecule has 0 fully saturated rings. The third kappa shape index (κ3) is 5.04. The van der Waals surface area contributed by atoms with Gasteiger partial charge >= 0.3 is 0 Å². The molecule has 2 heterocycles. The van der Waals surface area contributed by atoms with Gasteiger partial charge in [0, 0.05) is 11.8 Å². The summed E-state index contributed by atoms with van der Waals surface area (Å²) in [5.74, 6) is 0.348. The van der Waals surface area contributed by atoms with E-state index in [0.29, 0.717) is 17.4 Å². The second kappa shape index (κ2) is 9.68. The molecule has 33 heavy (non-hydrogen) atoms. The van der Waals surface area contributed by atoms with Gasteiger partial charge in [-0.05, 0) is 55.5 Å². The summed E-state index contributed by atoms with van der Waals surface area (Å²) in [4.78, 5) is 24.3. The zero-order valence-electron chi connectivity index (χ0n) is 18.3. The molecule has 4 aromatic rings. The Kier molecular flexibility index (Phi) is 6.71. The van der Waals surface area contributed by atoms with Crippen LogP contribution in [0.15, 0.2) is 71.8 Å². The zero-order valence-corrected chi connectivity index (χ0v) is 19.9. The molecule has 0 aliphatic heterocycles. The van der Waals surface area contributed by atoms with Crippen LogP contribution in [0.1, 0.15) is 29.9 Å². The average molecular weight is 482 g/mol. The number of thiazole rings is 1. The molecule has 2 aromatic heterocycles. The molecule has 0 unspecified atom stereocenters. The van der Waals surface area contributed by atoms with Crippen LogP contribution in [0.4, 0.5) is 5.13 Å². The number of rotatable bonds is 8. The van der Waals surface area contributed by atoms with Crippen molar-refractivity contribution in [1.29, 1.82) is 0 Å². The van der Waals surface area contributed by atoms with Gasteiger partial charge in [0.25, 0.3) is 5.91 Å². The van der Waals surface area contributed by atoms with Gasteiger partial charge in [0.1, 0.15) is 5.75 Å². The van der Waals surface area contributed by atoms with Gasteiger partial charge in [-0.15, -0.1) is 0 Å². The molecule has 0 aliphatic rings. The highest BCUT2D eigenvalue weighted by Gasteiger charge is 2.24. The molecule has 1 amide bonds. The summed E-state index contributed by atoms with van der Waals surface area (Å²) >= 11 is 1.37. The predicted octanol–water partition coefficient (Wildman–Crippen LogP) is 4.73. The van der Waals surface area contributed by atoms with Gasteiger partial charge in [-0.1, -0.05) is 30.4 Å². The standard InChI is InChI=1S/C24H23N3O4S2/c1-3-31-19-11-12-21-22(15-19)32-24(26-21)27(16-18-9-5-6-13-25-18)23(28)17-8-7-10-20(14-17)33(29,30)4-2/h5-15H,3-4,16H2,1-2H3. The first-order valence-corrected chi connectivity index (χ1v) is 13.0. The number of aromatic nitrogens is 2. The Hall–Kier alpha value is -3.30. The minimum absolute atomic E-state index is 0.0394. The fraction of sp³-hybridized carbons (Fsp3) is 0.208. The third-order valence-corrected chi connectivity index (χ3v) is 7.78. The number of anilines is 1. The van der Waals surface area contributed by atoms with Gasteiger partial charge < -0.3 is 4.74 Å². The van der Waals surface area contributed by atoms with Crippen molar-refractivity contribution in [3.63, 3.8) is 0 Å². The Morgan fingerprint density at radius 3 is 2.64 bits per heavy atom. The normalized spacial score (nSPS) is 11.5. The minimum atomic E-state index is -3.44. The predicted molar refractivity (Wildman–Crippen MR) is 130 cm³/mol. The van der Waals surface area contributed by atoms with Crippen LogP contribution < -0.4 is 9.64 Å². The molecule has 170 valence electrons. The molecule has 0 aliphatic carbocycles. The molecular formula is C24H23N3O4S2. The van der Waals surface area contributed by atoms with Crippen LogP contribution in [-0.4, -0.2) is 36.7 Å². The van der Waals surface area contributed by atoms with Gasteiger partial charge in [-0.2, -0.15) is 0 Å². The molecule has 9 heteroatoms. The maximum atomic E-state index is 13.6. The first kappa shape index (κ1) is 22.9. The lowest BCUT2D eigenvalue weighted by Gasteiger charge is -2.20. The van der Waals surface area contributed by atoms with Gasteiger partial charge in [-0.3, -0.25) is 14.7 Å². The molecule has 0 atom stereocenters. The second-order valence-corrected chi connectivity index (χ2v) is 10.5. The second-order valence-electron chi connectivity index (χ2n) is 7.20. The van der Waals surface area contributed by atoms with Gasteiger partial charge in [0.15, 0.2) is 15.0 Å². The first-order valence-electron chi connectivity index (χ1n) is 10.5. The summed E-state index contributed by atoms with van der Waals surface area (Å²) in [7, 11) is -3.44. The van der Waals surface area contributed by atoms with E-state index in [9.17, 15) is 13.2 Å². The molecule has 0 saturated carbocycles. The van der Waals surface area contributed by atoms with Crippen molar-refractivity contribution in [2.24, 2.45) is 0 Å². The van der Waals surface area contributed by atoms with E-state index in [2.05, 4.69) is 9.97 Å². The molecular weight excluding hydrogens is 458 g/mol. The van der Waals surface area contributed by atoms with Gasteiger partial charge in [-0.25, -0.2) is 13.4 Å². The summed E-state index contributed by atoms with van der Waals surface area (Å²) in [5.41, 5.74) is 1.71. The lowest BCUT2D eigenvalue weighted by Crippen LogP contribution is -2.30. The van der Waals surface area contributed by atoms with E-state index in [1.165, 1.54) is 28.4 Å². The lowest BCUT2D eigenvalue weighted by molar-refractivity contribution is 0.0984. The SMILES string of the molecule is CCOc1ccc2nc(N(Cc3ccccn3)C(=O)c3cccc(S(=O)(=O)CC)c3)sc2c1. The van der Waals surface area contributed by atoms with Crippen LogP contribution in [-0.2, 0) is 16.4 Å². The summed E-state index contributed by atoms with van der Waals surface area (Å²) in [6.45, 7) is 4.25. The molecule has 0 saturated heterocycles. The maximum Gasteiger partial charge on any atom is 0.260 e. The Morgan fingerprint density at radius 2 is 1.91 bits per heavy atom. The highest BCUT2D eigenvalue weighted by atomic mass is 32.2. The molecule has 4 rings (SSSR count). The van der Waals surface area contributed by atoms with E-state index in [0.717, 1.165) is 16.0 Å². The fourth-order valence-electron chi connectivity index (χ4n) is 3.29. The number of ether oxygens (including phenoxy) is 1. The van der Waals surface area contributed by atoms with Crippen LogP contribution in [0.25, 0.3) is 10.2 Å². The van der Waals surface area contributed by atoms with Crippen molar-refractivity contribution >= 4 is 42.4 Å². The van der Waals surface area contributed by atoms with E-state index in [1.807, 2.05) is 43.3 Å². The van der Waals surface area contributed by atoms with Gasteiger partial charge in [0.05, 0.1) is 39.7 Å². The number of pyridine rings is 1. The number of hydrogen-bond acceptors (Lipinski definition) is 7. The average Bonchev–Trinajstić information content (AvgIpc) is 3.26. The van der Waals surface area contributed by atoms with Crippen molar-refractivity contribution in [1.82, 2.24) is 9.97 Å². The van der Waals surface area contributed by atoms with E-state index in [1.54, 1.807) is 25.3 Å². The minimum Gasteiger partial charge on any atom is -0.494 e. The number of fused-ring (bicyclic) bond motifs is 1. The number of carbonyl (C=O) groups is 1. The highest BCUT2D eigenvalue weighted by molar-refractivity contribution is 7.91. The highest BCUT2D eigenvalue weighted by Crippen LogP contribution is 2.33. The summed E-state index contributed by atoms with van der Waals surface area (Å²) in [6.07, 6.45) is 1.67. The Labute approximate surface area is 196 Å². The van der Waals surface area contributed by atoms with E-state index >= 15 is 0 Å². The van der Waals surface area contributed by atoms with Crippen LogP contribution in [0.5, 0.6) is 5.75 Å². The summed E-state index contributed by atoms with van der Waals surface area (Å²) < 4.78 is 31.2. The third-order valence-electron chi connectivity index (χ3n) is 5.00. The monoisotopic (exact) mass is 481 g/mol.